The number of primary amides is 1. The van der Waals surface area contributed by atoms with E-state index in [0.29, 0.717) is 23.6 Å². The summed E-state index contributed by atoms with van der Waals surface area (Å²) in [7, 11) is 0. The summed E-state index contributed by atoms with van der Waals surface area (Å²) in [6, 6.07) is 5.47. The zero-order valence-corrected chi connectivity index (χ0v) is 14.7. The monoisotopic (exact) mass is 378 g/mol. The molecule has 1 heterocycles. The van der Waals surface area contributed by atoms with Gasteiger partial charge in [0.1, 0.15) is 5.75 Å². The lowest BCUT2D eigenvalue weighted by molar-refractivity contribution is 0.0999. The highest BCUT2D eigenvalue weighted by Crippen LogP contribution is 2.32. The Morgan fingerprint density at radius 1 is 1.35 bits per heavy atom. The second kappa shape index (κ2) is 7.41. The number of ether oxygens (including phenoxy) is 1. The van der Waals surface area contributed by atoms with Gasteiger partial charge in [-0.2, -0.15) is 0 Å². The highest BCUT2D eigenvalue weighted by molar-refractivity contribution is 9.10. The fourth-order valence-electron chi connectivity index (χ4n) is 2.19. The van der Waals surface area contributed by atoms with Gasteiger partial charge in [0.25, 0.3) is 5.91 Å². The van der Waals surface area contributed by atoms with Gasteiger partial charge in [-0.15, -0.1) is 0 Å². The Morgan fingerprint density at radius 2 is 2.09 bits per heavy atom. The van der Waals surface area contributed by atoms with Gasteiger partial charge in [0.15, 0.2) is 0 Å². The Bertz CT molecular complexity index is 734. The molecule has 0 saturated carbocycles. The van der Waals surface area contributed by atoms with E-state index in [-0.39, 0.29) is 11.5 Å². The summed E-state index contributed by atoms with van der Waals surface area (Å²) in [5.74, 6) is 0.250. The Morgan fingerprint density at radius 3 is 2.70 bits per heavy atom. The summed E-state index contributed by atoms with van der Waals surface area (Å²) in [5, 5.41) is 0. The Labute approximate surface area is 143 Å². The Balaban J connectivity index is 2.43. The van der Waals surface area contributed by atoms with Crippen molar-refractivity contribution in [1.29, 1.82) is 0 Å². The van der Waals surface area contributed by atoms with Gasteiger partial charge in [0.05, 0.1) is 28.0 Å². The fraction of sp³-hybridized carbons (Fsp3) is 0.312. The summed E-state index contributed by atoms with van der Waals surface area (Å²) in [4.78, 5) is 19.9. The number of hydrogen-bond donors (Lipinski definition) is 2. The number of nitrogens with two attached hydrogens (primary N) is 2. The molecular formula is C16H19BrN4O2. The minimum Gasteiger partial charge on any atom is -0.492 e. The number of hydrogen-bond acceptors (Lipinski definition) is 5. The maximum absolute atomic E-state index is 11.7. The number of carbonyl (C=O) groups is 1. The minimum absolute atomic E-state index is 0.0990. The molecule has 122 valence electrons. The highest BCUT2D eigenvalue weighted by Gasteiger charge is 2.18. The van der Waals surface area contributed by atoms with Gasteiger partial charge in [0, 0.05) is 5.56 Å². The molecule has 0 radical (unpaired) electrons. The van der Waals surface area contributed by atoms with Crippen LogP contribution < -0.4 is 16.2 Å². The van der Waals surface area contributed by atoms with Gasteiger partial charge in [-0.25, -0.2) is 9.97 Å². The lowest BCUT2D eigenvalue weighted by Gasteiger charge is -2.12. The minimum atomic E-state index is -0.586. The number of amides is 1. The smallest absolute Gasteiger partial charge is 0.252 e. The van der Waals surface area contributed by atoms with Crippen LogP contribution >= 0.6 is 15.9 Å². The van der Waals surface area contributed by atoms with Gasteiger partial charge in [-0.3, -0.25) is 4.79 Å². The van der Waals surface area contributed by atoms with Crippen LogP contribution in [0.1, 0.15) is 35.8 Å². The van der Waals surface area contributed by atoms with E-state index < -0.39 is 5.91 Å². The predicted octanol–water partition coefficient (Wildman–Crippen LogP) is 3.07. The maximum atomic E-state index is 11.7. The van der Waals surface area contributed by atoms with Crippen molar-refractivity contribution in [3.05, 3.63) is 33.9 Å². The van der Waals surface area contributed by atoms with Crippen molar-refractivity contribution in [3.8, 4) is 17.0 Å². The molecule has 1 amide bonds. The molecule has 1 aromatic heterocycles. The zero-order chi connectivity index (χ0) is 17.0. The van der Waals surface area contributed by atoms with Gasteiger partial charge >= 0.3 is 0 Å². The van der Waals surface area contributed by atoms with Crippen LogP contribution in [0.2, 0.25) is 0 Å². The largest absolute Gasteiger partial charge is 0.492 e. The average Bonchev–Trinajstić information content (AvgIpc) is 2.47. The van der Waals surface area contributed by atoms with Crippen molar-refractivity contribution >= 4 is 27.8 Å². The molecule has 0 saturated heterocycles. The quantitative estimate of drug-likeness (QED) is 0.751. The van der Waals surface area contributed by atoms with E-state index >= 15 is 0 Å². The van der Waals surface area contributed by atoms with Crippen molar-refractivity contribution in [3.63, 3.8) is 0 Å². The first-order valence-electron chi connectivity index (χ1n) is 7.30. The number of rotatable bonds is 6. The van der Waals surface area contributed by atoms with Crippen LogP contribution in [0.15, 0.2) is 22.7 Å². The molecule has 0 unspecified atom stereocenters. The van der Waals surface area contributed by atoms with E-state index in [1.807, 2.05) is 18.2 Å². The number of aromatic nitrogens is 2. The van der Waals surface area contributed by atoms with Crippen molar-refractivity contribution < 1.29 is 9.53 Å². The molecule has 0 aliphatic heterocycles. The van der Waals surface area contributed by atoms with Crippen molar-refractivity contribution in [2.75, 3.05) is 12.3 Å². The topological polar surface area (TPSA) is 104 Å². The number of nitrogen functional groups attached to an aromatic ring is 1. The molecule has 0 bridgehead atoms. The number of carbonyl (C=O) groups excluding carboxylic acids is 1. The molecule has 4 N–H and O–H groups in total. The Kier molecular flexibility index (Phi) is 5.54. The standard InChI is InChI=1S/C16H19BrN4O2/c1-3-4-7-23-12-6-5-10(8-11(12)17)14-13(15(18)22)9(2)20-16(19)21-14/h5-6,8H,3-4,7H2,1-2H3,(H2,18,22)(H2,19,20,21). The van der Waals surface area contributed by atoms with Crippen LogP contribution in [-0.4, -0.2) is 22.5 Å². The normalized spacial score (nSPS) is 10.6. The molecule has 1 aromatic carbocycles. The number of nitrogens with zero attached hydrogens (tertiary/aromatic N) is 2. The van der Waals surface area contributed by atoms with E-state index in [2.05, 4.69) is 32.8 Å². The van der Waals surface area contributed by atoms with Gasteiger partial charge in [-0.05, 0) is 47.5 Å². The van der Waals surface area contributed by atoms with Crippen molar-refractivity contribution in [1.82, 2.24) is 9.97 Å². The van der Waals surface area contributed by atoms with E-state index in [4.69, 9.17) is 16.2 Å². The van der Waals surface area contributed by atoms with Gasteiger partial charge in [-0.1, -0.05) is 13.3 Å². The lowest BCUT2D eigenvalue weighted by atomic mass is 10.0. The summed E-state index contributed by atoms with van der Waals surface area (Å²) in [6.45, 7) is 4.44. The molecule has 0 spiro atoms. The third-order valence-electron chi connectivity index (χ3n) is 3.31. The van der Waals surface area contributed by atoms with Crippen LogP contribution in [-0.2, 0) is 0 Å². The van der Waals surface area contributed by atoms with E-state index in [9.17, 15) is 4.79 Å². The fourth-order valence-corrected chi connectivity index (χ4v) is 2.68. The van der Waals surface area contributed by atoms with Crippen LogP contribution in [0.5, 0.6) is 5.75 Å². The SMILES string of the molecule is CCCCOc1ccc(-c2nc(N)nc(C)c2C(N)=O)cc1Br. The zero-order valence-electron chi connectivity index (χ0n) is 13.1. The highest BCUT2D eigenvalue weighted by atomic mass is 79.9. The predicted molar refractivity (Wildman–Crippen MR) is 93.2 cm³/mol. The molecule has 2 aromatic rings. The maximum Gasteiger partial charge on any atom is 0.252 e. The van der Waals surface area contributed by atoms with Gasteiger partial charge in [0.2, 0.25) is 5.95 Å². The summed E-state index contributed by atoms with van der Waals surface area (Å²) in [6.07, 6.45) is 2.05. The number of anilines is 1. The summed E-state index contributed by atoms with van der Waals surface area (Å²) in [5.41, 5.74) is 13.0. The molecule has 2 rings (SSSR count). The number of aryl methyl sites for hydroxylation is 1. The lowest BCUT2D eigenvalue weighted by Crippen LogP contribution is -2.17. The first-order valence-corrected chi connectivity index (χ1v) is 8.10. The Hall–Kier alpha value is -2.15. The van der Waals surface area contributed by atoms with Crippen molar-refractivity contribution in [2.24, 2.45) is 5.73 Å². The molecule has 7 heteroatoms. The second-order valence-corrected chi connectivity index (χ2v) is 5.96. The van der Waals surface area contributed by atoms with Crippen molar-refractivity contribution in [2.45, 2.75) is 26.7 Å². The molecular weight excluding hydrogens is 360 g/mol. The van der Waals surface area contributed by atoms with Crippen LogP contribution in [0.25, 0.3) is 11.3 Å². The molecule has 0 aliphatic rings. The molecule has 0 aliphatic carbocycles. The number of halogens is 1. The molecule has 0 atom stereocenters. The first-order chi connectivity index (χ1) is 10.9. The third-order valence-corrected chi connectivity index (χ3v) is 3.93. The van der Waals surface area contributed by atoms with E-state index in [0.717, 1.165) is 23.1 Å². The summed E-state index contributed by atoms with van der Waals surface area (Å²) >= 11 is 3.48. The average molecular weight is 379 g/mol. The molecule has 6 nitrogen and oxygen atoms in total. The molecule has 0 fully saturated rings. The van der Waals surface area contributed by atoms with Crippen LogP contribution in [0.3, 0.4) is 0 Å². The second-order valence-electron chi connectivity index (χ2n) is 5.10. The van der Waals surface area contributed by atoms with E-state index in [1.54, 1.807) is 6.92 Å². The van der Waals surface area contributed by atoms with E-state index in [1.165, 1.54) is 0 Å². The third kappa shape index (κ3) is 3.98. The van der Waals surface area contributed by atoms with Gasteiger partial charge < -0.3 is 16.2 Å². The number of benzene rings is 1. The van der Waals surface area contributed by atoms with Crippen LogP contribution in [0, 0.1) is 6.92 Å². The molecule has 23 heavy (non-hydrogen) atoms. The number of unbranched alkanes of at least 4 members (excludes halogenated alkanes) is 1. The van der Waals surface area contributed by atoms with Crippen LogP contribution in [0.4, 0.5) is 5.95 Å². The first kappa shape index (κ1) is 17.2. The summed E-state index contributed by atoms with van der Waals surface area (Å²) < 4.78 is 6.47.